The fourth-order valence-electron chi connectivity index (χ4n) is 1.36. The van der Waals surface area contributed by atoms with Crippen molar-refractivity contribution < 1.29 is 4.79 Å². The molecule has 2 aromatic rings. The highest BCUT2D eigenvalue weighted by Gasteiger charge is 2.08. The van der Waals surface area contributed by atoms with Gasteiger partial charge in [-0.1, -0.05) is 0 Å². The lowest BCUT2D eigenvalue weighted by molar-refractivity contribution is -0.115. The van der Waals surface area contributed by atoms with Gasteiger partial charge >= 0.3 is 0 Å². The van der Waals surface area contributed by atoms with E-state index in [4.69, 9.17) is 11.6 Å². The zero-order valence-corrected chi connectivity index (χ0v) is 10.1. The zero-order valence-electron chi connectivity index (χ0n) is 9.30. The molecular weight excluding hydrogens is 238 g/mol. The van der Waals surface area contributed by atoms with Crippen LogP contribution in [0.2, 0.25) is 0 Å². The molecule has 0 aliphatic rings. The molecule has 88 valence electrons. The van der Waals surface area contributed by atoms with Crippen LogP contribution >= 0.6 is 11.6 Å². The van der Waals surface area contributed by atoms with Gasteiger partial charge in [0, 0.05) is 18.1 Å². The molecule has 17 heavy (non-hydrogen) atoms. The third-order valence-electron chi connectivity index (χ3n) is 2.27. The molecule has 0 aliphatic heterocycles. The molecule has 0 aliphatic carbocycles. The summed E-state index contributed by atoms with van der Waals surface area (Å²) in [6, 6.07) is 9.23. The van der Waals surface area contributed by atoms with Crippen molar-refractivity contribution in [2.45, 2.75) is 12.3 Å². The summed E-state index contributed by atoms with van der Waals surface area (Å²) < 4.78 is 1.75. The van der Waals surface area contributed by atoms with Crippen LogP contribution < -0.4 is 5.32 Å². The topological polar surface area (TPSA) is 46.9 Å². The molecular formula is C12H12ClN3O. The lowest BCUT2D eigenvalue weighted by Crippen LogP contribution is -2.20. The summed E-state index contributed by atoms with van der Waals surface area (Å²) in [5.74, 6) is -0.210. The molecule has 1 amide bonds. The quantitative estimate of drug-likeness (QED) is 0.850. The highest BCUT2D eigenvalue weighted by atomic mass is 35.5. The molecule has 1 atom stereocenters. The van der Waals surface area contributed by atoms with E-state index in [0.717, 1.165) is 11.4 Å². The number of halogens is 1. The lowest BCUT2D eigenvalue weighted by Gasteiger charge is -2.07. The van der Waals surface area contributed by atoms with Crippen LogP contribution in [0.3, 0.4) is 0 Å². The minimum Gasteiger partial charge on any atom is -0.325 e. The fraction of sp³-hybridized carbons (Fsp3) is 0.167. The number of nitrogens with one attached hydrogen (secondary N) is 1. The Morgan fingerprint density at radius 1 is 1.41 bits per heavy atom. The van der Waals surface area contributed by atoms with Crippen molar-refractivity contribution in [1.82, 2.24) is 9.78 Å². The van der Waals surface area contributed by atoms with Gasteiger partial charge in [-0.3, -0.25) is 4.79 Å². The van der Waals surface area contributed by atoms with E-state index in [1.807, 2.05) is 36.5 Å². The summed E-state index contributed by atoms with van der Waals surface area (Å²) in [5.41, 5.74) is 1.66. The van der Waals surface area contributed by atoms with E-state index in [1.54, 1.807) is 17.8 Å². The van der Waals surface area contributed by atoms with Gasteiger partial charge in [-0.25, -0.2) is 4.68 Å². The van der Waals surface area contributed by atoms with Crippen LogP contribution in [0, 0.1) is 0 Å². The highest BCUT2D eigenvalue weighted by Crippen LogP contribution is 2.13. The summed E-state index contributed by atoms with van der Waals surface area (Å²) in [6.45, 7) is 1.63. The van der Waals surface area contributed by atoms with E-state index in [1.165, 1.54) is 0 Å². The Kier molecular flexibility index (Phi) is 3.44. The van der Waals surface area contributed by atoms with E-state index < -0.39 is 5.38 Å². The second-order valence-corrected chi connectivity index (χ2v) is 4.26. The molecule has 2 rings (SSSR count). The van der Waals surface area contributed by atoms with Crippen LogP contribution in [0.5, 0.6) is 0 Å². The number of alkyl halides is 1. The van der Waals surface area contributed by atoms with Crippen molar-refractivity contribution in [1.29, 1.82) is 0 Å². The molecule has 1 aromatic carbocycles. The van der Waals surface area contributed by atoms with E-state index in [2.05, 4.69) is 10.4 Å². The van der Waals surface area contributed by atoms with Gasteiger partial charge in [0.05, 0.1) is 5.69 Å². The predicted molar refractivity (Wildman–Crippen MR) is 67.5 cm³/mol. The van der Waals surface area contributed by atoms with Crippen molar-refractivity contribution in [2.24, 2.45) is 0 Å². The molecule has 5 heteroatoms. The largest absolute Gasteiger partial charge is 0.325 e. The number of benzene rings is 1. The number of carbonyl (C=O) groups is 1. The van der Waals surface area contributed by atoms with Crippen LogP contribution in [-0.2, 0) is 4.79 Å². The smallest absolute Gasteiger partial charge is 0.242 e. The van der Waals surface area contributed by atoms with Crippen LogP contribution in [0.1, 0.15) is 6.92 Å². The number of amides is 1. The predicted octanol–water partition coefficient (Wildman–Crippen LogP) is 2.44. The van der Waals surface area contributed by atoms with E-state index in [9.17, 15) is 4.79 Å². The molecule has 1 unspecified atom stereocenters. The molecule has 0 spiro atoms. The Labute approximate surface area is 104 Å². The Morgan fingerprint density at radius 3 is 2.65 bits per heavy atom. The Morgan fingerprint density at radius 2 is 2.12 bits per heavy atom. The van der Waals surface area contributed by atoms with Crippen molar-refractivity contribution in [3.63, 3.8) is 0 Å². The van der Waals surface area contributed by atoms with Crippen LogP contribution in [0.25, 0.3) is 5.69 Å². The number of carbonyl (C=O) groups excluding carboxylic acids is 1. The maximum atomic E-state index is 11.4. The van der Waals surface area contributed by atoms with Gasteiger partial charge < -0.3 is 5.32 Å². The first-order valence-corrected chi connectivity index (χ1v) is 5.65. The summed E-state index contributed by atoms with van der Waals surface area (Å²) in [6.07, 6.45) is 3.57. The number of hydrogen-bond acceptors (Lipinski definition) is 2. The number of aromatic nitrogens is 2. The average molecular weight is 250 g/mol. The summed E-state index contributed by atoms with van der Waals surface area (Å²) in [5, 5.41) is 6.29. The van der Waals surface area contributed by atoms with Gasteiger partial charge in [0.25, 0.3) is 0 Å². The van der Waals surface area contributed by atoms with Crippen LogP contribution in [-0.4, -0.2) is 21.1 Å². The normalized spacial score (nSPS) is 12.1. The van der Waals surface area contributed by atoms with E-state index in [0.29, 0.717) is 0 Å². The fourth-order valence-corrected chi connectivity index (χ4v) is 1.42. The third kappa shape index (κ3) is 2.85. The summed E-state index contributed by atoms with van der Waals surface area (Å²) in [7, 11) is 0. The Balaban J connectivity index is 2.11. The zero-order chi connectivity index (χ0) is 12.3. The molecule has 1 N–H and O–H groups in total. The average Bonchev–Trinajstić information content (AvgIpc) is 2.83. The number of rotatable bonds is 3. The van der Waals surface area contributed by atoms with Crippen molar-refractivity contribution in [3.8, 4) is 5.69 Å². The second-order valence-electron chi connectivity index (χ2n) is 3.60. The lowest BCUT2D eigenvalue weighted by atomic mass is 10.2. The van der Waals surface area contributed by atoms with Gasteiger partial charge in [-0.15, -0.1) is 11.6 Å². The van der Waals surface area contributed by atoms with Gasteiger partial charge in [-0.05, 0) is 37.3 Å². The first kappa shape index (κ1) is 11.7. The Hall–Kier alpha value is -1.81. The van der Waals surface area contributed by atoms with Gasteiger partial charge in [0.1, 0.15) is 5.38 Å². The van der Waals surface area contributed by atoms with Crippen molar-refractivity contribution in [3.05, 3.63) is 42.7 Å². The molecule has 0 saturated carbocycles. The SMILES string of the molecule is CC(Cl)C(=O)Nc1ccc(-n2cccn2)cc1. The highest BCUT2D eigenvalue weighted by molar-refractivity contribution is 6.32. The maximum Gasteiger partial charge on any atom is 0.242 e. The Bertz CT molecular complexity index is 491. The number of hydrogen-bond donors (Lipinski definition) is 1. The first-order valence-electron chi connectivity index (χ1n) is 5.22. The van der Waals surface area contributed by atoms with Crippen molar-refractivity contribution >= 4 is 23.2 Å². The van der Waals surface area contributed by atoms with E-state index >= 15 is 0 Å². The minimum absolute atomic E-state index is 0.210. The van der Waals surface area contributed by atoms with Crippen LogP contribution in [0.15, 0.2) is 42.7 Å². The van der Waals surface area contributed by atoms with Gasteiger partial charge in [-0.2, -0.15) is 5.10 Å². The first-order chi connectivity index (χ1) is 8.16. The van der Waals surface area contributed by atoms with Crippen molar-refractivity contribution in [2.75, 3.05) is 5.32 Å². The number of anilines is 1. The van der Waals surface area contributed by atoms with E-state index in [-0.39, 0.29) is 5.91 Å². The monoisotopic (exact) mass is 249 g/mol. The molecule has 0 bridgehead atoms. The summed E-state index contributed by atoms with van der Waals surface area (Å²) in [4.78, 5) is 11.4. The second kappa shape index (κ2) is 5.01. The molecule has 1 heterocycles. The van der Waals surface area contributed by atoms with Gasteiger partial charge in [0.2, 0.25) is 5.91 Å². The minimum atomic E-state index is -0.541. The molecule has 1 aromatic heterocycles. The van der Waals surface area contributed by atoms with Gasteiger partial charge in [0.15, 0.2) is 0 Å². The molecule has 0 saturated heterocycles. The standard InChI is InChI=1S/C12H12ClN3O/c1-9(13)12(17)15-10-3-5-11(6-4-10)16-8-2-7-14-16/h2-9H,1H3,(H,15,17). The molecule has 4 nitrogen and oxygen atoms in total. The molecule has 0 radical (unpaired) electrons. The maximum absolute atomic E-state index is 11.4. The third-order valence-corrected chi connectivity index (χ3v) is 2.46. The summed E-state index contributed by atoms with van der Waals surface area (Å²) >= 11 is 5.66. The van der Waals surface area contributed by atoms with Crippen LogP contribution in [0.4, 0.5) is 5.69 Å². The molecule has 0 fully saturated rings. The number of nitrogens with zero attached hydrogens (tertiary/aromatic N) is 2.